The van der Waals surface area contributed by atoms with Gasteiger partial charge in [-0.05, 0) is 24.1 Å². The predicted molar refractivity (Wildman–Crippen MR) is 140 cm³/mol. The largest absolute Gasteiger partial charge is 0.480 e. The molecule has 4 N–H and O–H groups in total. The maximum Gasteiger partial charge on any atom is 0.394 e. The average Bonchev–Trinajstić information content (AvgIpc) is 3.62. The lowest BCUT2D eigenvalue weighted by atomic mass is 9.89. The highest BCUT2D eigenvalue weighted by Gasteiger charge is 2.60. The summed E-state index contributed by atoms with van der Waals surface area (Å²) in [6.07, 6.45) is -3.72. The fraction of sp³-hybridized carbons (Fsp3) is 0.444. The van der Waals surface area contributed by atoms with E-state index in [9.17, 15) is 32.7 Å². The molecule has 0 saturated carbocycles. The zero-order valence-corrected chi connectivity index (χ0v) is 22.9. The minimum Gasteiger partial charge on any atom is -0.480 e. The molecule has 2 aromatic heterocycles. The van der Waals surface area contributed by atoms with Crippen molar-refractivity contribution in [2.24, 2.45) is 17.1 Å². The number of nitrogens with zero attached hydrogens (tertiary/aromatic N) is 4. The number of likely N-dealkylation sites (tertiary alicyclic amines) is 1. The molecular formula is C27H31F3N6O5. The van der Waals surface area contributed by atoms with E-state index in [2.05, 4.69) is 15.4 Å². The predicted octanol–water partition coefficient (Wildman–Crippen LogP) is 3.54. The summed E-state index contributed by atoms with van der Waals surface area (Å²) in [5, 5.41) is 17.1. The number of nitrogens with two attached hydrogens (primary N) is 1. The molecule has 220 valence electrons. The fourth-order valence-electron chi connectivity index (χ4n) is 4.79. The summed E-state index contributed by atoms with van der Waals surface area (Å²) in [6.45, 7) is 5.65. The van der Waals surface area contributed by atoms with E-state index < -0.39 is 59.6 Å². The molecule has 3 unspecified atom stereocenters. The Bertz CT molecular complexity index is 1440. The molecule has 0 aliphatic carbocycles. The molecule has 1 aliphatic rings. The van der Waals surface area contributed by atoms with Crippen LogP contribution in [0.5, 0.6) is 0 Å². The number of carboxylic acid groups (broad SMARTS) is 1. The summed E-state index contributed by atoms with van der Waals surface area (Å²) in [6, 6.07) is 6.69. The Morgan fingerprint density at radius 1 is 1.15 bits per heavy atom. The van der Waals surface area contributed by atoms with E-state index in [-0.39, 0.29) is 18.1 Å². The third kappa shape index (κ3) is 6.11. The standard InChI is InChI=1S/C27H31F3N6O5/c1-14-9-17(13-41-14)22(37)36-25(32-11-16-7-5-15(10-31)6-8-16)33-21(34-36)19-18(27(28,29)30)12-35(20(19)23(38)39)24(40)26(2,3)4/h5-9,13,18-20H,10-12,31H2,1-4H3,(H,38,39)(H,32,33,34). The summed E-state index contributed by atoms with van der Waals surface area (Å²) in [4.78, 5) is 43.7. The van der Waals surface area contributed by atoms with Crippen LogP contribution in [0.25, 0.3) is 0 Å². The zero-order chi connectivity index (χ0) is 30.3. The Morgan fingerprint density at radius 3 is 2.29 bits per heavy atom. The first kappa shape index (κ1) is 29.8. The number of aromatic nitrogens is 3. The van der Waals surface area contributed by atoms with Crippen LogP contribution < -0.4 is 11.1 Å². The number of hydrogen-bond donors (Lipinski definition) is 3. The summed E-state index contributed by atoms with van der Waals surface area (Å²) in [5.41, 5.74) is 6.19. The monoisotopic (exact) mass is 576 g/mol. The first-order chi connectivity index (χ1) is 19.1. The number of hydrogen-bond acceptors (Lipinski definition) is 8. The van der Waals surface area contributed by atoms with Gasteiger partial charge in [0.05, 0.1) is 17.4 Å². The van der Waals surface area contributed by atoms with Gasteiger partial charge in [-0.15, -0.1) is 5.10 Å². The van der Waals surface area contributed by atoms with Crippen LogP contribution in [0.3, 0.4) is 0 Å². The maximum absolute atomic E-state index is 14.3. The van der Waals surface area contributed by atoms with Crippen molar-refractivity contribution >= 4 is 23.7 Å². The van der Waals surface area contributed by atoms with Gasteiger partial charge >= 0.3 is 12.1 Å². The Hall–Kier alpha value is -4.20. The molecule has 41 heavy (non-hydrogen) atoms. The maximum atomic E-state index is 14.3. The molecule has 1 aliphatic heterocycles. The Kier molecular flexibility index (Phi) is 7.98. The third-order valence-corrected chi connectivity index (χ3v) is 6.88. The molecule has 1 saturated heterocycles. The highest BCUT2D eigenvalue weighted by atomic mass is 19.4. The molecule has 1 amide bonds. The van der Waals surface area contributed by atoms with Gasteiger partial charge in [0.15, 0.2) is 5.82 Å². The highest BCUT2D eigenvalue weighted by Crippen LogP contribution is 2.47. The zero-order valence-electron chi connectivity index (χ0n) is 22.9. The minimum atomic E-state index is -4.89. The van der Waals surface area contributed by atoms with Crippen molar-refractivity contribution in [3.8, 4) is 0 Å². The van der Waals surface area contributed by atoms with Crippen molar-refractivity contribution in [1.29, 1.82) is 0 Å². The second kappa shape index (κ2) is 11.0. The number of amides is 1. The van der Waals surface area contributed by atoms with Gasteiger partial charge in [0, 0.05) is 25.0 Å². The lowest BCUT2D eigenvalue weighted by molar-refractivity contribution is -0.175. The Balaban J connectivity index is 1.79. The van der Waals surface area contributed by atoms with Gasteiger partial charge in [0.1, 0.15) is 18.1 Å². The van der Waals surface area contributed by atoms with Crippen LogP contribution in [0.15, 0.2) is 41.0 Å². The van der Waals surface area contributed by atoms with E-state index >= 15 is 0 Å². The van der Waals surface area contributed by atoms with Crippen molar-refractivity contribution in [1.82, 2.24) is 19.7 Å². The number of rotatable bonds is 7. The van der Waals surface area contributed by atoms with Gasteiger partial charge in [-0.1, -0.05) is 45.0 Å². The number of benzene rings is 1. The highest BCUT2D eigenvalue weighted by molar-refractivity contribution is 5.96. The van der Waals surface area contributed by atoms with Crippen LogP contribution in [0.1, 0.15) is 59.8 Å². The normalized spacial score (nSPS) is 19.4. The van der Waals surface area contributed by atoms with Crippen LogP contribution in [0, 0.1) is 18.3 Å². The van der Waals surface area contributed by atoms with Crippen molar-refractivity contribution in [3.05, 3.63) is 64.9 Å². The average molecular weight is 577 g/mol. The summed E-state index contributed by atoms with van der Waals surface area (Å²) >= 11 is 0. The number of furan rings is 1. The van der Waals surface area contributed by atoms with E-state index in [1.807, 2.05) is 0 Å². The molecule has 14 heteroatoms. The number of alkyl halides is 3. The number of anilines is 1. The van der Waals surface area contributed by atoms with Crippen LogP contribution in [-0.2, 0) is 22.7 Å². The Labute approximate surface area is 233 Å². The summed E-state index contributed by atoms with van der Waals surface area (Å²) < 4.78 is 49.0. The van der Waals surface area contributed by atoms with Crippen molar-refractivity contribution in [3.63, 3.8) is 0 Å². The number of carboxylic acids is 1. The van der Waals surface area contributed by atoms with E-state index in [4.69, 9.17) is 10.2 Å². The number of aliphatic carboxylic acids is 1. The number of carbonyl (C=O) groups excluding carboxylic acids is 2. The lowest BCUT2D eigenvalue weighted by Gasteiger charge is -2.29. The smallest absolute Gasteiger partial charge is 0.394 e. The molecule has 1 fully saturated rings. The van der Waals surface area contributed by atoms with Crippen molar-refractivity contribution < 1.29 is 37.1 Å². The number of carbonyl (C=O) groups is 3. The van der Waals surface area contributed by atoms with E-state index in [0.717, 1.165) is 20.7 Å². The SMILES string of the molecule is Cc1cc(C(=O)n2nc(C3C(C(=O)O)N(C(=O)C(C)(C)C)CC3C(F)(F)F)nc2NCc2ccc(CN)cc2)co1. The minimum absolute atomic E-state index is 0.0624. The van der Waals surface area contributed by atoms with Gasteiger partial charge in [-0.2, -0.15) is 22.8 Å². The molecule has 3 aromatic rings. The van der Waals surface area contributed by atoms with Gasteiger partial charge in [-0.25, -0.2) is 4.79 Å². The van der Waals surface area contributed by atoms with Gasteiger partial charge < -0.3 is 25.5 Å². The molecule has 0 spiro atoms. The molecular weight excluding hydrogens is 545 g/mol. The van der Waals surface area contributed by atoms with Crippen LogP contribution in [0.4, 0.5) is 19.1 Å². The number of nitrogens with one attached hydrogen (secondary N) is 1. The van der Waals surface area contributed by atoms with Crippen molar-refractivity contribution in [2.75, 3.05) is 11.9 Å². The van der Waals surface area contributed by atoms with E-state index in [1.165, 1.54) is 33.1 Å². The first-order valence-electron chi connectivity index (χ1n) is 12.8. The van der Waals surface area contributed by atoms with Crippen LogP contribution >= 0.6 is 0 Å². The second-order valence-corrected chi connectivity index (χ2v) is 11.0. The first-order valence-corrected chi connectivity index (χ1v) is 12.8. The summed E-state index contributed by atoms with van der Waals surface area (Å²) in [7, 11) is 0. The van der Waals surface area contributed by atoms with Crippen LogP contribution in [-0.4, -0.2) is 61.3 Å². The molecule has 3 heterocycles. The molecule has 4 rings (SSSR count). The quantitative estimate of drug-likeness (QED) is 0.383. The molecule has 3 atom stereocenters. The van der Waals surface area contributed by atoms with Gasteiger partial charge in [0.25, 0.3) is 5.91 Å². The molecule has 11 nitrogen and oxygen atoms in total. The third-order valence-electron chi connectivity index (χ3n) is 6.88. The van der Waals surface area contributed by atoms with Gasteiger partial charge in [-0.3, -0.25) is 9.59 Å². The fourth-order valence-corrected chi connectivity index (χ4v) is 4.79. The molecule has 1 aromatic carbocycles. The molecule has 0 radical (unpaired) electrons. The van der Waals surface area contributed by atoms with Gasteiger partial charge in [0.2, 0.25) is 11.9 Å². The van der Waals surface area contributed by atoms with Crippen molar-refractivity contribution in [2.45, 2.75) is 58.9 Å². The molecule has 0 bridgehead atoms. The van der Waals surface area contributed by atoms with E-state index in [0.29, 0.717) is 12.3 Å². The lowest BCUT2D eigenvalue weighted by Crippen LogP contribution is -2.47. The van der Waals surface area contributed by atoms with E-state index in [1.54, 1.807) is 31.2 Å². The van der Waals surface area contributed by atoms with Crippen LogP contribution in [0.2, 0.25) is 0 Å². The number of halogens is 3. The summed E-state index contributed by atoms with van der Waals surface area (Å²) in [5.74, 6) is -7.61. The topological polar surface area (TPSA) is 157 Å². The number of aryl methyl sites for hydroxylation is 1. The Morgan fingerprint density at radius 2 is 1.78 bits per heavy atom. The second-order valence-electron chi connectivity index (χ2n) is 11.0.